The molecule has 0 fully saturated rings. The minimum absolute atomic E-state index is 0.0975. The minimum atomic E-state index is 0.0975. The second-order valence-corrected chi connectivity index (χ2v) is 5.61. The van der Waals surface area contributed by atoms with Crippen LogP contribution >= 0.6 is 0 Å². The van der Waals surface area contributed by atoms with Gasteiger partial charge in [-0.3, -0.25) is 4.98 Å². The quantitative estimate of drug-likeness (QED) is 0.907. The number of nitrogens with one attached hydrogen (secondary N) is 1. The van der Waals surface area contributed by atoms with Gasteiger partial charge in [-0.15, -0.1) is 0 Å². The van der Waals surface area contributed by atoms with E-state index in [4.69, 9.17) is 4.74 Å². The van der Waals surface area contributed by atoms with E-state index < -0.39 is 0 Å². The van der Waals surface area contributed by atoms with E-state index in [1.807, 2.05) is 52.9 Å². The fourth-order valence-electron chi connectivity index (χ4n) is 2.62. The molecule has 1 heterocycles. The number of hydrogen-bond donors (Lipinski definition) is 1. The van der Waals surface area contributed by atoms with E-state index in [1.54, 1.807) is 0 Å². The van der Waals surface area contributed by atoms with Gasteiger partial charge < -0.3 is 10.1 Å². The monoisotopic (exact) mass is 284 g/mol. The zero-order valence-corrected chi connectivity index (χ0v) is 13.5. The Morgan fingerprint density at radius 3 is 2.24 bits per heavy atom. The molecule has 0 amide bonds. The molecule has 0 aliphatic rings. The SMILES string of the molecule is CNC(c1cc(C)nc(C)c1)c1ccccc1OC(C)C. The van der Waals surface area contributed by atoms with Crippen LogP contribution in [0.4, 0.5) is 0 Å². The first-order valence-corrected chi connectivity index (χ1v) is 7.39. The first-order valence-electron chi connectivity index (χ1n) is 7.39. The number of hydrogen-bond acceptors (Lipinski definition) is 3. The lowest BCUT2D eigenvalue weighted by atomic mass is 9.97. The number of aromatic nitrogens is 1. The van der Waals surface area contributed by atoms with Gasteiger partial charge in [0.05, 0.1) is 12.1 Å². The second kappa shape index (κ2) is 6.72. The summed E-state index contributed by atoms with van der Waals surface area (Å²) in [5.74, 6) is 0.930. The summed E-state index contributed by atoms with van der Waals surface area (Å²) >= 11 is 0. The van der Waals surface area contributed by atoms with Gasteiger partial charge in [-0.05, 0) is 58.5 Å². The molecule has 0 spiro atoms. The Balaban J connectivity index is 2.46. The lowest BCUT2D eigenvalue weighted by molar-refractivity contribution is 0.238. The molecule has 3 nitrogen and oxygen atoms in total. The zero-order valence-electron chi connectivity index (χ0n) is 13.5. The largest absolute Gasteiger partial charge is 0.491 e. The van der Waals surface area contributed by atoms with Crippen molar-refractivity contribution in [1.82, 2.24) is 10.3 Å². The van der Waals surface area contributed by atoms with Crippen molar-refractivity contribution in [2.24, 2.45) is 0 Å². The molecule has 1 N–H and O–H groups in total. The fourth-order valence-corrected chi connectivity index (χ4v) is 2.62. The Hall–Kier alpha value is -1.87. The highest BCUT2D eigenvalue weighted by molar-refractivity contribution is 5.42. The van der Waals surface area contributed by atoms with Crippen LogP contribution in [0.1, 0.15) is 42.4 Å². The Kier molecular flexibility index (Phi) is 4.97. The van der Waals surface area contributed by atoms with Gasteiger partial charge in [0.2, 0.25) is 0 Å². The third kappa shape index (κ3) is 3.82. The summed E-state index contributed by atoms with van der Waals surface area (Å²) in [6.45, 7) is 8.15. The Bertz CT molecular complexity index is 588. The Labute approximate surface area is 127 Å². The van der Waals surface area contributed by atoms with Crippen molar-refractivity contribution in [2.45, 2.75) is 39.8 Å². The number of para-hydroxylation sites is 1. The van der Waals surface area contributed by atoms with Crippen LogP contribution in [0.3, 0.4) is 0 Å². The molecule has 0 aliphatic heterocycles. The van der Waals surface area contributed by atoms with E-state index in [-0.39, 0.29) is 12.1 Å². The third-order valence-corrected chi connectivity index (χ3v) is 3.32. The number of aryl methyl sites for hydroxylation is 2. The van der Waals surface area contributed by atoms with Crippen molar-refractivity contribution >= 4 is 0 Å². The van der Waals surface area contributed by atoms with E-state index in [2.05, 4.69) is 28.5 Å². The maximum Gasteiger partial charge on any atom is 0.124 e. The highest BCUT2D eigenvalue weighted by Gasteiger charge is 2.17. The predicted octanol–water partition coefficient (Wildman–Crippen LogP) is 3.79. The first kappa shape index (κ1) is 15.5. The van der Waals surface area contributed by atoms with Crippen molar-refractivity contribution in [2.75, 3.05) is 7.05 Å². The van der Waals surface area contributed by atoms with Crippen LogP contribution in [0.25, 0.3) is 0 Å². The van der Waals surface area contributed by atoms with Crippen LogP contribution in [0.5, 0.6) is 5.75 Å². The van der Waals surface area contributed by atoms with Crippen LogP contribution in [0, 0.1) is 13.8 Å². The average Bonchev–Trinajstić information content (AvgIpc) is 2.40. The maximum atomic E-state index is 5.95. The maximum absolute atomic E-state index is 5.95. The van der Waals surface area contributed by atoms with Gasteiger partial charge in [0.15, 0.2) is 0 Å². The minimum Gasteiger partial charge on any atom is -0.491 e. The number of rotatable bonds is 5. The first-order chi connectivity index (χ1) is 10.0. The Morgan fingerprint density at radius 1 is 1.05 bits per heavy atom. The van der Waals surface area contributed by atoms with Crippen molar-refractivity contribution in [3.63, 3.8) is 0 Å². The number of pyridine rings is 1. The summed E-state index contributed by atoms with van der Waals surface area (Å²) < 4.78 is 5.95. The van der Waals surface area contributed by atoms with Crippen LogP contribution in [-0.4, -0.2) is 18.1 Å². The zero-order chi connectivity index (χ0) is 15.4. The van der Waals surface area contributed by atoms with E-state index >= 15 is 0 Å². The normalized spacial score (nSPS) is 12.5. The topological polar surface area (TPSA) is 34.2 Å². The second-order valence-electron chi connectivity index (χ2n) is 5.61. The van der Waals surface area contributed by atoms with E-state index in [0.717, 1.165) is 22.7 Å². The molecule has 2 rings (SSSR count). The van der Waals surface area contributed by atoms with Gasteiger partial charge in [-0.1, -0.05) is 18.2 Å². The Morgan fingerprint density at radius 2 is 1.67 bits per heavy atom. The highest BCUT2D eigenvalue weighted by atomic mass is 16.5. The van der Waals surface area contributed by atoms with Gasteiger partial charge in [0.25, 0.3) is 0 Å². The summed E-state index contributed by atoms with van der Waals surface area (Å²) in [5.41, 5.74) is 4.43. The summed E-state index contributed by atoms with van der Waals surface area (Å²) in [7, 11) is 1.97. The molecule has 112 valence electrons. The summed E-state index contributed by atoms with van der Waals surface area (Å²) in [4.78, 5) is 4.46. The predicted molar refractivity (Wildman–Crippen MR) is 86.8 cm³/mol. The number of nitrogens with zero attached hydrogens (tertiary/aromatic N) is 1. The van der Waals surface area contributed by atoms with Crippen LogP contribution < -0.4 is 10.1 Å². The van der Waals surface area contributed by atoms with Gasteiger partial charge >= 0.3 is 0 Å². The summed E-state index contributed by atoms with van der Waals surface area (Å²) in [6.07, 6.45) is 0.157. The molecule has 21 heavy (non-hydrogen) atoms. The molecule has 0 aliphatic carbocycles. The van der Waals surface area contributed by atoms with Crippen LogP contribution in [0.15, 0.2) is 36.4 Å². The molecule has 0 bridgehead atoms. The molecule has 0 saturated carbocycles. The smallest absolute Gasteiger partial charge is 0.124 e. The van der Waals surface area contributed by atoms with Gasteiger partial charge in [-0.2, -0.15) is 0 Å². The fraction of sp³-hybridized carbons (Fsp3) is 0.389. The molecule has 1 aromatic carbocycles. The van der Waals surface area contributed by atoms with Crippen molar-refractivity contribution in [1.29, 1.82) is 0 Å². The van der Waals surface area contributed by atoms with Gasteiger partial charge in [0, 0.05) is 17.0 Å². The standard InChI is InChI=1S/C18H24N2O/c1-12(2)21-17-9-7-6-8-16(17)18(19-5)15-10-13(3)20-14(4)11-15/h6-12,18-19H,1-5H3. The van der Waals surface area contributed by atoms with Crippen molar-refractivity contribution in [3.8, 4) is 5.75 Å². The van der Waals surface area contributed by atoms with E-state index in [1.165, 1.54) is 5.56 Å². The molecule has 1 atom stereocenters. The molecule has 1 unspecified atom stereocenters. The summed E-state index contributed by atoms with van der Waals surface area (Å²) in [5, 5.41) is 3.39. The average molecular weight is 284 g/mol. The molecular formula is C18H24N2O. The van der Waals surface area contributed by atoms with Crippen LogP contribution in [-0.2, 0) is 0 Å². The number of benzene rings is 1. The lowest BCUT2D eigenvalue weighted by Crippen LogP contribution is -2.20. The number of ether oxygens (including phenoxy) is 1. The summed E-state index contributed by atoms with van der Waals surface area (Å²) in [6, 6.07) is 12.6. The van der Waals surface area contributed by atoms with Crippen LogP contribution in [0.2, 0.25) is 0 Å². The van der Waals surface area contributed by atoms with Gasteiger partial charge in [-0.25, -0.2) is 0 Å². The molecule has 3 heteroatoms. The van der Waals surface area contributed by atoms with Gasteiger partial charge in [0.1, 0.15) is 5.75 Å². The molecule has 0 radical (unpaired) electrons. The molecule has 2 aromatic rings. The third-order valence-electron chi connectivity index (χ3n) is 3.32. The molecule has 0 saturated heterocycles. The highest BCUT2D eigenvalue weighted by Crippen LogP contribution is 2.30. The van der Waals surface area contributed by atoms with E-state index in [9.17, 15) is 0 Å². The molecular weight excluding hydrogens is 260 g/mol. The van der Waals surface area contributed by atoms with Crippen molar-refractivity contribution in [3.05, 3.63) is 58.9 Å². The van der Waals surface area contributed by atoms with E-state index in [0.29, 0.717) is 0 Å². The lowest BCUT2D eigenvalue weighted by Gasteiger charge is -2.22. The van der Waals surface area contributed by atoms with Crippen molar-refractivity contribution < 1.29 is 4.74 Å². The molecule has 1 aromatic heterocycles.